The molecular weight excluding hydrogens is 314 g/mol. The van der Waals surface area contributed by atoms with Crippen LogP contribution in [0.2, 0.25) is 0 Å². The molecule has 0 atom stereocenters. The van der Waals surface area contributed by atoms with Gasteiger partial charge in [0.25, 0.3) is 15.0 Å². The molecule has 0 saturated heterocycles. The van der Waals surface area contributed by atoms with Gasteiger partial charge < -0.3 is 9.64 Å². The molecule has 0 heterocycles. The number of methoxy groups -OCH3 is 1. The first-order valence-electron chi connectivity index (χ1n) is 6.67. The number of carbonyl (C=O) groups excluding carboxylic acids is 1. The second kappa shape index (κ2) is 6.34. The highest BCUT2D eigenvalue weighted by Crippen LogP contribution is 2.26. The minimum atomic E-state index is -3.89. The van der Waals surface area contributed by atoms with Gasteiger partial charge in [-0.05, 0) is 43.0 Å². The lowest BCUT2D eigenvalue weighted by Crippen LogP contribution is -2.41. The van der Waals surface area contributed by atoms with Gasteiger partial charge in [-0.2, -0.15) is 0 Å². The number of nitrogens with zero attached hydrogens (tertiary/aromatic N) is 1. The van der Waals surface area contributed by atoms with Crippen LogP contribution in [0.3, 0.4) is 0 Å². The van der Waals surface area contributed by atoms with E-state index in [2.05, 4.69) is 0 Å². The molecule has 1 aromatic carbocycles. The van der Waals surface area contributed by atoms with Crippen LogP contribution in [0, 0.1) is 0 Å². The molecular formula is C14H18ClNO4S. The third kappa shape index (κ3) is 3.75. The van der Waals surface area contributed by atoms with Crippen molar-refractivity contribution in [3.05, 3.63) is 29.3 Å². The van der Waals surface area contributed by atoms with E-state index in [0.29, 0.717) is 11.1 Å². The smallest absolute Gasteiger partial charge is 0.261 e. The average molecular weight is 332 g/mol. The predicted octanol–water partition coefficient (Wildman–Crippen LogP) is 2.39. The molecule has 0 N–H and O–H groups in total. The van der Waals surface area contributed by atoms with E-state index in [1.165, 1.54) is 19.2 Å². The Morgan fingerprint density at radius 2 is 2.05 bits per heavy atom. The zero-order valence-corrected chi connectivity index (χ0v) is 13.6. The van der Waals surface area contributed by atoms with Gasteiger partial charge >= 0.3 is 0 Å². The molecule has 5 nitrogen and oxygen atoms in total. The SMILES string of the molecule is COCc1cc(C(=O)N(C)C2CCC2)cc(S(=O)(=O)Cl)c1. The number of amides is 1. The van der Waals surface area contributed by atoms with Gasteiger partial charge in [-0.3, -0.25) is 4.79 Å². The van der Waals surface area contributed by atoms with Gasteiger partial charge in [0.05, 0.1) is 11.5 Å². The summed E-state index contributed by atoms with van der Waals surface area (Å²) in [6.07, 6.45) is 3.09. The predicted molar refractivity (Wildman–Crippen MR) is 79.9 cm³/mol. The summed E-state index contributed by atoms with van der Waals surface area (Å²) in [5, 5.41) is 0. The average Bonchev–Trinajstić information content (AvgIpc) is 2.34. The number of halogens is 1. The lowest BCUT2D eigenvalue weighted by molar-refractivity contribution is 0.0651. The van der Waals surface area contributed by atoms with Crippen LogP contribution in [0.25, 0.3) is 0 Å². The Hall–Kier alpha value is -1.11. The summed E-state index contributed by atoms with van der Waals surface area (Å²) in [6, 6.07) is 4.62. The molecule has 0 spiro atoms. The maximum Gasteiger partial charge on any atom is 0.261 e. The van der Waals surface area contributed by atoms with E-state index in [9.17, 15) is 13.2 Å². The van der Waals surface area contributed by atoms with Crippen LogP contribution in [0.15, 0.2) is 23.1 Å². The van der Waals surface area contributed by atoms with Gasteiger partial charge in [-0.25, -0.2) is 8.42 Å². The second-order valence-corrected chi connectivity index (χ2v) is 7.80. The molecule has 1 amide bonds. The lowest BCUT2D eigenvalue weighted by Gasteiger charge is -2.34. The van der Waals surface area contributed by atoms with Gasteiger partial charge in [-0.15, -0.1) is 0 Å². The molecule has 0 radical (unpaired) electrons. The highest BCUT2D eigenvalue weighted by atomic mass is 35.7. The Kier molecular flexibility index (Phi) is 4.91. The number of rotatable bonds is 5. The van der Waals surface area contributed by atoms with E-state index < -0.39 is 9.05 Å². The number of hydrogen-bond donors (Lipinski definition) is 0. The Balaban J connectivity index is 2.37. The number of hydrogen-bond acceptors (Lipinski definition) is 4. The molecule has 1 aromatic rings. The van der Waals surface area contributed by atoms with Crippen LogP contribution < -0.4 is 0 Å². The van der Waals surface area contributed by atoms with Crippen LogP contribution in [0.5, 0.6) is 0 Å². The first-order valence-corrected chi connectivity index (χ1v) is 8.98. The molecule has 2 rings (SSSR count). The van der Waals surface area contributed by atoms with Crippen molar-refractivity contribution in [2.45, 2.75) is 36.8 Å². The monoisotopic (exact) mass is 331 g/mol. The lowest BCUT2D eigenvalue weighted by atomic mass is 9.91. The summed E-state index contributed by atoms with van der Waals surface area (Å²) in [6.45, 7) is 0.216. The maximum atomic E-state index is 12.5. The van der Waals surface area contributed by atoms with E-state index in [1.807, 2.05) is 0 Å². The van der Waals surface area contributed by atoms with Gasteiger partial charge in [0.1, 0.15) is 0 Å². The molecule has 1 fully saturated rings. The first-order chi connectivity index (χ1) is 9.82. The quantitative estimate of drug-likeness (QED) is 0.777. The van der Waals surface area contributed by atoms with Crippen LogP contribution in [0.4, 0.5) is 0 Å². The second-order valence-electron chi connectivity index (χ2n) is 5.24. The van der Waals surface area contributed by atoms with E-state index in [1.54, 1.807) is 18.0 Å². The number of carbonyl (C=O) groups is 1. The number of benzene rings is 1. The Bertz CT molecular complexity index is 640. The van der Waals surface area contributed by atoms with E-state index in [0.717, 1.165) is 19.3 Å². The van der Waals surface area contributed by atoms with Crippen LogP contribution in [-0.2, 0) is 20.4 Å². The van der Waals surface area contributed by atoms with Crippen molar-refractivity contribution < 1.29 is 17.9 Å². The molecule has 1 aliphatic carbocycles. The summed E-state index contributed by atoms with van der Waals surface area (Å²) in [5.74, 6) is -0.195. The first kappa shape index (κ1) is 16.3. The molecule has 0 bridgehead atoms. The van der Waals surface area contributed by atoms with E-state index in [4.69, 9.17) is 15.4 Å². The van der Waals surface area contributed by atoms with Crippen molar-refractivity contribution in [1.29, 1.82) is 0 Å². The summed E-state index contributed by atoms with van der Waals surface area (Å²) in [7, 11) is 4.75. The Morgan fingerprint density at radius 3 is 2.52 bits per heavy atom. The summed E-state index contributed by atoms with van der Waals surface area (Å²) in [4.78, 5) is 14.0. The topological polar surface area (TPSA) is 63.7 Å². The van der Waals surface area contributed by atoms with Gasteiger partial charge in [-0.1, -0.05) is 0 Å². The molecule has 116 valence electrons. The molecule has 1 aliphatic rings. The van der Waals surface area contributed by atoms with Crippen molar-refractivity contribution in [2.75, 3.05) is 14.2 Å². The number of ether oxygens (including phenoxy) is 1. The normalized spacial score (nSPS) is 15.6. The molecule has 0 unspecified atom stereocenters. The zero-order valence-electron chi connectivity index (χ0n) is 12.0. The molecule has 0 aromatic heterocycles. The van der Waals surface area contributed by atoms with Crippen molar-refractivity contribution in [1.82, 2.24) is 4.90 Å². The highest BCUT2D eigenvalue weighted by molar-refractivity contribution is 8.13. The van der Waals surface area contributed by atoms with Gasteiger partial charge in [0, 0.05) is 36.4 Å². The fourth-order valence-electron chi connectivity index (χ4n) is 2.32. The third-order valence-corrected chi connectivity index (χ3v) is 5.08. The van der Waals surface area contributed by atoms with E-state index in [-0.39, 0.29) is 23.5 Å². The van der Waals surface area contributed by atoms with Crippen molar-refractivity contribution in [2.24, 2.45) is 0 Å². The summed E-state index contributed by atoms with van der Waals surface area (Å²) >= 11 is 0. The van der Waals surface area contributed by atoms with Crippen LogP contribution in [-0.4, -0.2) is 39.4 Å². The Labute approximate surface area is 129 Å². The maximum absolute atomic E-state index is 12.5. The Morgan fingerprint density at radius 1 is 1.38 bits per heavy atom. The van der Waals surface area contributed by atoms with Crippen molar-refractivity contribution in [3.63, 3.8) is 0 Å². The molecule has 7 heteroatoms. The fraction of sp³-hybridized carbons (Fsp3) is 0.500. The van der Waals surface area contributed by atoms with Gasteiger partial charge in [0.2, 0.25) is 0 Å². The van der Waals surface area contributed by atoms with Crippen molar-refractivity contribution in [3.8, 4) is 0 Å². The summed E-state index contributed by atoms with van der Waals surface area (Å²) < 4.78 is 28.1. The van der Waals surface area contributed by atoms with Crippen molar-refractivity contribution >= 4 is 25.6 Å². The molecule has 1 saturated carbocycles. The zero-order chi connectivity index (χ0) is 15.6. The van der Waals surface area contributed by atoms with Crippen LogP contribution in [0.1, 0.15) is 35.2 Å². The summed E-state index contributed by atoms with van der Waals surface area (Å²) in [5.41, 5.74) is 0.919. The highest BCUT2D eigenvalue weighted by Gasteiger charge is 2.27. The minimum absolute atomic E-state index is 0.0796. The largest absolute Gasteiger partial charge is 0.380 e. The third-order valence-electron chi connectivity index (χ3n) is 3.75. The fourth-order valence-corrected chi connectivity index (χ4v) is 3.15. The molecule has 0 aliphatic heterocycles. The minimum Gasteiger partial charge on any atom is -0.380 e. The van der Waals surface area contributed by atoms with Gasteiger partial charge in [0.15, 0.2) is 0 Å². The molecule has 21 heavy (non-hydrogen) atoms. The standard InChI is InChI=1S/C14H18ClNO4S/c1-16(12-4-3-5-12)14(17)11-6-10(9-20-2)7-13(8-11)21(15,18)19/h6-8,12H,3-5,9H2,1-2H3. The van der Waals surface area contributed by atoms with E-state index >= 15 is 0 Å². The van der Waals surface area contributed by atoms with Crippen LogP contribution >= 0.6 is 10.7 Å².